The van der Waals surface area contributed by atoms with Crippen LogP contribution in [0, 0.1) is 20.8 Å². The quantitative estimate of drug-likeness (QED) is 0.931. The molecular formula is C16H22N4O3. The van der Waals surface area contributed by atoms with Gasteiger partial charge in [0.25, 0.3) is 5.91 Å². The van der Waals surface area contributed by atoms with Crippen molar-refractivity contribution in [2.45, 2.75) is 39.2 Å². The van der Waals surface area contributed by atoms with E-state index in [1.165, 1.54) is 6.33 Å². The van der Waals surface area contributed by atoms with E-state index in [0.717, 1.165) is 23.6 Å². The van der Waals surface area contributed by atoms with Crippen LogP contribution in [0.25, 0.3) is 0 Å². The Labute approximate surface area is 135 Å². The maximum Gasteiger partial charge on any atom is 0.257 e. The number of nitrogens with one attached hydrogen (secondary N) is 1. The lowest BCUT2D eigenvalue weighted by Crippen LogP contribution is -2.36. The van der Waals surface area contributed by atoms with Gasteiger partial charge in [-0.25, -0.2) is 4.98 Å². The monoisotopic (exact) mass is 318 g/mol. The lowest BCUT2D eigenvalue weighted by Gasteiger charge is -2.24. The van der Waals surface area contributed by atoms with Crippen molar-refractivity contribution in [1.29, 1.82) is 0 Å². The third kappa shape index (κ3) is 2.88. The van der Waals surface area contributed by atoms with Crippen molar-refractivity contribution >= 4 is 5.91 Å². The maximum atomic E-state index is 12.8. The summed E-state index contributed by atoms with van der Waals surface area (Å²) in [6, 6.07) is 0. The molecule has 0 spiro atoms. The number of likely N-dealkylation sites (N-methyl/N-ethyl adjacent to an activating group) is 1. The normalized spacial score (nSPS) is 20.9. The van der Waals surface area contributed by atoms with Crippen molar-refractivity contribution in [3.05, 3.63) is 34.8 Å². The van der Waals surface area contributed by atoms with E-state index in [1.807, 2.05) is 20.8 Å². The van der Waals surface area contributed by atoms with Gasteiger partial charge < -0.3 is 14.1 Å². The molecule has 1 aliphatic rings. The van der Waals surface area contributed by atoms with Crippen LogP contribution in [0.15, 0.2) is 10.7 Å². The molecule has 1 saturated heterocycles. The number of hydrogen-bond acceptors (Lipinski definition) is 5. The summed E-state index contributed by atoms with van der Waals surface area (Å²) < 4.78 is 11.4. The van der Waals surface area contributed by atoms with Crippen LogP contribution < -0.4 is 0 Å². The van der Waals surface area contributed by atoms with Crippen molar-refractivity contribution < 1.29 is 13.9 Å². The highest BCUT2D eigenvalue weighted by atomic mass is 16.5. The van der Waals surface area contributed by atoms with Crippen molar-refractivity contribution in [1.82, 2.24) is 20.1 Å². The van der Waals surface area contributed by atoms with Gasteiger partial charge >= 0.3 is 0 Å². The molecule has 1 fully saturated rings. The summed E-state index contributed by atoms with van der Waals surface area (Å²) in [6.45, 7) is 6.79. The smallest absolute Gasteiger partial charge is 0.257 e. The van der Waals surface area contributed by atoms with Crippen LogP contribution in [0.5, 0.6) is 0 Å². The molecule has 0 saturated carbocycles. The fourth-order valence-corrected chi connectivity index (χ4v) is 3.19. The lowest BCUT2D eigenvalue weighted by molar-refractivity contribution is 0.0548. The second-order valence-corrected chi connectivity index (χ2v) is 6.08. The number of hydrogen-bond donors (Lipinski definition) is 1. The topological polar surface area (TPSA) is 84.2 Å². The van der Waals surface area contributed by atoms with E-state index in [0.29, 0.717) is 24.5 Å². The predicted molar refractivity (Wildman–Crippen MR) is 83.4 cm³/mol. The first-order chi connectivity index (χ1) is 11.0. The molecule has 1 aliphatic heterocycles. The summed E-state index contributed by atoms with van der Waals surface area (Å²) >= 11 is 0. The van der Waals surface area contributed by atoms with E-state index in [9.17, 15) is 4.79 Å². The number of amides is 1. The minimum atomic E-state index is -0.0782. The number of rotatable bonds is 4. The summed E-state index contributed by atoms with van der Waals surface area (Å²) in [4.78, 5) is 18.7. The Balaban J connectivity index is 1.73. The second-order valence-electron chi connectivity index (χ2n) is 6.08. The molecule has 2 atom stereocenters. The molecule has 0 bridgehead atoms. The van der Waals surface area contributed by atoms with Crippen LogP contribution in [0.4, 0.5) is 0 Å². The SMILES string of the molecule is Cc1oc(C)c(C(=O)N(C)C[C@H]2OCC[C@H]2c2ncn[nH]2)c1C. The van der Waals surface area contributed by atoms with Gasteiger partial charge in [-0.3, -0.25) is 9.89 Å². The molecule has 124 valence electrons. The third-order valence-electron chi connectivity index (χ3n) is 4.57. The predicted octanol–water partition coefficient (Wildman–Crippen LogP) is 1.97. The molecule has 0 aromatic carbocycles. The molecule has 2 aromatic heterocycles. The minimum absolute atomic E-state index is 0.0383. The fraction of sp³-hybridized carbons (Fsp3) is 0.562. The highest BCUT2D eigenvalue weighted by molar-refractivity contribution is 5.96. The molecule has 2 aromatic rings. The van der Waals surface area contributed by atoms with Gasteiger partial charge in [-0.05, 0) is 27.2 Å². The second kappa shape index (κ2) is 6.16. The van der Waals surface area contributed by atoms with Crippen LogP contribution in [0.3, 0.4) is 0 Å². The zero-order valence-corrected chi connectivity index (χ0v) is 13.9. The molecule has 1 N–H and O–H groups in total. The maximum absolute atomic E-state index is 12.8. The first-order valence-corrected chi connectivity index (χ1v) is 7.78. The van der Waals surface area contributed by atoms with Crippen molar-refractivity contribution in [2.24, 2.45) is 0 Å². The highest BCUT2D eigenvalue weighted by Crippen LogP contribution is 2.30. The van der Waals surface area contributed by atoms with Gasteiger partial charge in [0.15, 0.2) is 0 Å². The fourth-order valence-electron chi connectivity index (χ4n) is 3.19. The average molecular weight is 318 g/mol. The van der Waals surface area contributed by atoms with Crippen LogP contribution in [0.2, 0.25) is 0 Å². The van der Waals surface area contributed by atoms with Gasteiger partial charge in [-0.1, -0.05) is 0 Å². The zero-order valence-electron chi connectivity index (χ0n) is 13.9. The Kier molecular flexibility index (Phi) is 4.21. The van der Waals surface area contributed by atoms with E-state index in [2.05, 4.69) is 15.2 Å². The van der Waals surface area contributed by atoms with Crippen LogP contribution in [-0.4, -0.2) is 52.3 Å². The van der Waals surface area contributed by atoms with E-state index >= 15 is 0 Å². The number of carbonyl (C=O) groups excluding carboxylic acids is 1. The van der Waals surface area contributed by atoms with Crippen LogP contribution >= 0.6 is 0 Å². The number of aromatic nitrogens is 3. The number of carbonyl (C=O) groups is 1. The Hall–Kier alpha value is -2.15. The van der Waals surface area contributed by atoms with E-state index in [1.54, 1.807) is 11.9 Å². The summed E-state index contributed by atoms with van der Waals surface area (Å²) in [5, 5.41) is 6.81. The first-order valence-electron chi connectivity index (χ1n) is 7.78. The summed E-state index contributed by atoms with van der Waals surface area (Å²) in [5.74, 6) is 2.37. The molecule has 0 unspecified atom stereocenters. The van der Waals surface area contributed by atoms with Crippen LogP contribution in [-0.2, 0) is 4.74 Å². The van der Waals surface area contributed by atoms with Gasteiger partial charge in [-0.15, -0.1) is 0 Å². The molecule has 0 aliphatic carbocycles. The number of ether oxygens (including phenoxy) is 1. The minimum Gasteiger partial charge on any atom is -0.466 e. The summed E-state index contributed by atoms with van der Waals surface area (Å²) in [6.07, 6.45) is 2.30. The molecular weight excluding hydrogens is 296 g/mol. The zero-order chi connectivity index (χ0) is 16.6. The van der Waals surface area contributed by atoms with Gasteiger partial charge in [0.1, 0.15) is 23.7 Å². The summed E-state index contributed by atoms with van der Waals surface area (Å²) in [5.41, 5.74) is 1.55. The number of aryl methyl sites for hydroxylation is 2. The highest BCUT2D eigenvalue weighted by Gasteiger charge is 2.34. The Bertz CT molecular complexity index is 692. The molecule has 3 heterocycles. The molecule has 1 amide bonds. The summed E-state index contributed by atoms with van der Waals surface area (Å²) in [7, 11) is 1.79. The standard InChI is InChI=1S/C16H22N4O3/c1-9-10(2)23-11(3)14(9)16(21)20(4)7-13-12(5-6-22-13)15-17-8-18-19-15/h8,12-13H,5-7H2,1-4H3,(H,17,18,19)/t12-,13-/m1/s1. The number of aromatic amines is 1. The van der Waals surface area contributed by atoms with E-state index < -0.39 is 0 Å². The van der Waals surface area contributed by atoms with Crippen LogP contribution in [0.1, 0.15) is 45.6 Å². The van der Waals surface area contributed by atoms with Crippen molar-refractivity contribution in [2.75, 3.05) is 20.2 Å². The third-order valence-corrected chi connectivity index (χ3v) is 4.57. The first kappa shape index (κ1) is 15.7. The van der Waals surface area contributed by atoms with Gasteiger partial charge in [0.2, 0.25) is 0 Å². The number of furan rings is 1. The average Bonchev–Trinajstić information content (AvgIpc) is 3.21. The molecule has 7 heteroatoms. The lowest BCUT2D eigenvalue weighted by atomic mass is 10.00. The van der Waals surface area contributed by atoms with E-state index in [-0.39, 0.29) is 17.9 Å². The largest absolute Gasteiger partial charge is 0.466 e. The van der Waals surface area contributed by atoms with Crippen molar-refractivity contribution in [3.8, 4) is 0 Å². The molecule has 23 heavy (non-hydrogen) atoms. The van der Waals surface area contributed by atoms with Gasteiger partial charge in [-0.2, -0.15) is 5.10 Å². The number of nitrogens with zero attached hydrogens (tertiary/aromatic N) is 3. The Morgan fingerprint density at radius 2 is 2.17 bits per heavy atom. The number of H-pyrrole nitrogens is 1. The van der Waals surface area contributed by atoms with E-state index in [4.69, 9.17) is 9.15 Å². The van der Waals surface area contributed by atoms with Crippen molar-refractivity contribution in [3.63, 3.8) is 0 Å². The molecule has 3 rings (SSSR count). The molecule has 7 nitrogen and oxygen atoms in total. The van der Waals surface area contributed by atoms with Gasteiger partial charge in [0.05, 0.1) is 11.7 Å². The Morgan fingerprint density at radius 1 is 1.39 bits per heavy atom. The van der Waals surface area contributed by atoms with Gasteiger partial charge in [0, 0.05) is 31.7 Å². The Morgan fingerprint density at radius 3 is 2.78 bits per heavy atom. The molecule has 0 radical (unpaired) electrons.